The van der Waals surface area contributed by atoms with Gasteiger partial charge in [-0.05, 0) is 29.7 Å². The van der Waals surface area contributed by atoms with Crippen LogP contribution in [0.1, 0.15) is 16.7 Å². The van der Waals surface area contributed by atoms with Gasteiger partial charge in [-0.15, -0.1) is 0 Å². The minimum atomic E-state index is -0.404. The van der Waals surface area contributed by atoms with E-state index in [0.29, 0.717) is 18.7 Å². The summed E-state index contributed by atoms with van der Waals surface area (Å²) in [5.41, 5.74) is 2.36. The highest BCUT2D eigenvalue weighted by molar-refractivity contribution is 5.37. The highest BCUT2D eigenvalue weighted by atomic mass is 19.1. The molecule has 3 nitrogen and oxygen atoms in total. The Kier molecular flexibility index (Phi) is 6.08. The number of aliphatic hydroxyl groups excluding tert-OH is 1. The van der Waals surface area contributed by atoms with E-state index in [1.807, 2.05) is 24.3 Å². The SMILES string of the molecule is N#Cc1cc(F)ccc1CN(CCO)CCc1ccccc1. The molecule has 0 aliphatic heterocycles. The molecule has 0 atom stereocenters. The smallest absolute Gasteiger partial charge is 0.124 e. The molecule has 0 spiro atoms. The fraction of sp³-hybridized carbons (Fsp3) is 0.278. The molecule has 2 aromatic rings. The fourth-order valence-electron chi connectivity index (χ4n) is 2.37. The van der Waals surface area contributed by atoms with Gasteiger partial charge >= 0.3 is 0 Å². The third-order valence-corrected chi connectivity index (χ3v) is 3.56. The lowest BCUT2D eigenvalue weighted by molar-refractivity contribution is 0.191. The van der Waals surface area contributed by atoms with Crippen molar-refractivity contribution in [3.8, 4) is 6.07 Å². The van der Waals surface area contributed by atoms with Gasteiger partial charge in [-0.1, -0.05) is 36.4 Å². The van der Waals surface area contributed by atoms with Gasteiger partial charge in [0.05, 0.1) is 18.2 Å². The van der Waals surface area contributed by atoms with Crippen molar-refractivity contribution in [3.05, 3.63) is 71.0 Å². The first-order valence-corrected chi connectivity index (χ1v) is 7.28. The molecule has 0 aliphatic rings. The van der Waals surface area contributed by atoms with Crippen LogP contribution in [0.4, 0.5) is 4.39 Å². The summed E-state index contributed by atoms with van der Waals surface area (Å²) < 4.78 is 13.2. The minimum Gasteiger partial charge on any atom is -0.395 e. The van der Waals surface area contributed by atoms with Crippen molar-refractivity contribution in [1.82, 2.24) is 4.90 Å². The Morgan fingerprint density at radius 3 is 2.55 bits per heavy atom. The van der Waals surface area contributed by atoms with E-state index in [1.165, 1.54) is 17.7 Å². The van der Waals surface area contributed by atoms with Crippen LogP contribution in [-0.4, -0.2) is 29.7 Å². The average Bonchev–Trinajstić information content (AvgIpc) is 2.55. The molecule has 0 heterocycles. The van der Waals surface area contributed by atoms with Crippen molar-refractivity contribution in [1.29, 1.82) is 5.26 Å². The van der Waals surface area contributed by atoms with Crippen molar-refractivity contribution < 1.29 is 9.50 Å². The predicted octanol–water partition coefficient (Wildman–Crippen LogP) is 2.73. The van der Waals surface area contributed by atoms with E-state index in [9.17, 15) is 9.50 Å². The third kappa shape index (κ3) is 4.66. The normalized spacial score (nSPS) is 10.6. The van der Waals surface area contributed by atoms with Crippen LogP contribution in [0.3, 0.4) is 0 Å². The average molecular weight is 298 g/mol. The van der Waals surface area contributed by atoms with Crippen molar-refractivity contribution in [2.24, 2.45) is 0 Å². The summed E-state index contributed by atoms with van der Waals surface area (Å²) in [5.74, 6) is -0.404. The summed E-state index contributed by atoms with van der Waals surface area (Å²) in [6, 6.07) is 16.4. The Balaban J connectivity index is 2.04. The summed E-state index contributed by atoms with van der Waals surface area (Å²) in [6.07, 6.45) is 0.865. The number of benzene rings is 2. The van der Waals surface area contributed by atoms with E-state index in [0.717, 1.165) is 18.5 Å². The maximum absolute atomic E-state index is 13.2. The summed E-state index contributed by atoms with van der Waals surface area (Å²) in [5, 5.41) is 18.3. The molecule has 0 saturated carbocycles. The van der Waals surface area contributed by atoms with E-state index in [-0.39, 0.29) is 6.61 Å². The number of hydrogen-bond acceptors (Lipinski definition) is 3. The molecule has 0 fully saturated rings. The van der Waals surface area contributed by atoms with Crippen molar-refractivity contribution in [2.45, 2.75) is 13.0 Å². The number of halogens is 1. The van der Waals surface area contributed by atoms with E-state index in [1.54, 1.807) is 6.07 Å². The molecule has 22 heavy (non-hydrogen) atoms. The maximum Gasteiger partial charge on any atom is 0.124 e. The van der Waals surface area contributed by atoms with Crippen LogP contribution in [0, 0.1) is 17.1 Å². The number of rotatable bonds is 7. The molecule has 0 saturated heterocycles. The molecule has 0 bridgehead atoms. The first kappa shape index (κ1) is 16.2. The van der Waals surface area contributed by atoms with Gasteiger partial charge in [0.25, 0.3) is 0 Å². The lowest BCUT2D eigenvalue weighted by atomic mass is 10.1. The molecule has 4 heteroatoms. The third-order valence-electron chi connectivity index (χ3n) is 3.56. The first-order chi connectivity index (χ1) is 10.7. The molecule has 2 aromatic carbocycles. The Hall–Kier alpha value is -2.22. The number of nitrogens with zero attached hydrogens (tertiary/aromatic N) is 2. The fourth-order valence-corrected chi connectivity index (χ4v) is 2.37. The summed E-state index contributed by atoms with van der Waals surface area (Å²) in [7, 11) is 0. The second-order valence-corrected chi connectivity index (χ2v) is 5.15. The van der Waals surface area contributed by atoms with Crippen LogP contribution in [0.2, 0.25) is 0 Å². The lowest BCUT2D eigenvalue weighted by Gasteiger charge is -2.22. The van der Waals surface area contributed by atoms with Crippen LogP contribution in [0.5, 0.6) is 0 Å². The maximum atomic E-state index is 13.2. The van der Waals surface area contributed by atoms with Gasteiger partial charge in [-0.25, -0.2) is 4.39 Å². The summed E-state index contributed by atoms with van der Waals surface area (Å²) >= 11 is 0. The number of hydrogen-bond donors (Lipinski definition) is 1. The molecular weight excluding hydrogens is 279 g/mol. The van der Waals surface area contributed by atoms with Crippen LogP contribution < -0.4 is 0 Å². The van der Waals surface area contributed by atoms with Gasteiger partial charge in [-0.3, -0.25) is 4.90 Å². The summed E-state index contributed by atoms with van der Waals surface area (Å²) in [4.78, 5) is 2.07. The van der Waals surface area contributed by atoms with Gasteiger partial charge in [0.1, 0.15) is 5.82 Å². The van der Waals surface area contributed by atoms with Crippen molar-refractivity contribution >= 4 is 0 Å². The van der Waals surface area contributed by atoms with Crippen molar-refractivity contribution in [3.63, 3.8) is 0 Å². The largest absolute Gasteiger partial charge is 0.395 e. The topological polar surface area (TPSA) is 47.3 Å². The number of nitriles is 1. The van der Waals surface area contributed by atoms with E-state index in [2.05, 4.69) is 17.0 Å². The van der Waals surface area contributed by atoms with E-state index >= 15 is 0 Å². The second-order valence-electron chi connectivity index (χ2n) is 5.15. The Labute approximate surface area is 130 Å². The summed E-state index contributed by atoms with van der Waals surface area (Å²) in [6.45, 7) is 1.87. The molecule has 2 rings (SSSR count). The van der Waals surface area contributed by atoms with Crippen LogP contribution >= 0.6 is 0 Å². The van der Waals surface area contributed by atoms with E-state index < -0.39 is 5.82 Å². The molecular formula is C18H19FN2O. The molecule has 0 unspecified atom stereocenters. The zero-order valence-corrected chi connectivity index (χ0v) is 12.4. The molecule has 0 aliphatic carbocycles. The Bertz CT molecular complexity index is 637. The zero-order valence-electron chi connectivity index (χ0n) is 12.4. The quantitative estimate of drug-likeness (QED) is 0.855. The molecule has 0 radical (unpaired) electrons. The van der Waals surface area contributed by atoms with Gasteiger partial charge in [-0.2, -0.15) is 5.26 Å². The highest BCUT2D eigenvalue weighted by Gasteiger charge is 2.10. The zero-order chi connectivity index (χ0) is 15.8. The Morgan fingerprint density at radius 1 is 1.09 bits per heavy atom. The lowest BCUT2D eigenvalue weighted by Crippen LogP contribution is -2.29. The molecule has 0 amide bonds. The number of aliphatic hydroxyl groups is 1. The first-order valence-electron chi connectivity index (χ1n) is 7.28. The Morgan fingerprint density at radius 2 is 1.86 bits per heavy atom. The van der Waals surface area contributed by atoms with Crippen LogP contribution in [-0.2, 0) is 13.0 Å². The van der Waals surface area contributed by atoms with Crippen LogP contribution in [0.15, 0.2) is 48.5 Å². The molecule has 114 valence electrons. The van der Waals surface area contributed by atoms with Crippen molar-refractivity contribution in [2.75, 3.05) is 19.7 Å². The second kappa shape index (κ2) is 8.28. The van der Waals surface area contributed by atoms with Gasteiger partial charge in [0, 0.05) is 19.6 Å². The molecule has 0 aromatic heterocycles. The highest BCUT2D eigenvalue weighted by Crippen LogP contribution is 2.13. The standard InChI is InChI=1S/C18H19FN2O/c19-18-7-6-16(17(12-18)13-20)14-21(10-11-22)9-8-15-4-2-1-3-5-15/h1-7,12,22H,8-11,14H2. The van der Waals surface area contributed by atoms with E-state index in [4.69, 9.17) is 5.26 Å². The monoisotopic (exact) mass is 298 g/mol. The van der Waals surface area contributed by atoms with Gasteiger partial charge in [0.2, 0.25) is 0 Å². The van der Waals surface area contributed by atoms with Crippen LogP contribution in [0.25, 0.3) is 0 Å². The van der Waals surface area contributed by atoms with Gasteiger partial charge < -0.3 is 5.11 Å². The predicted molar refractivity (Wildman–Crippen MR) is 83.6 cm³/mol. The molecule has 1 N–H and O–H groups in total. The van der Waals surface area contributed by atoms with Gasteiger partial charge in [0.15, 0.2) is 0 Å². The minimum absolute atomic E-state index is 0.0534.